The highest BCUT2D eigenvalue weighted by Gasteiger charge is 2.31. The van der Waals surface area contributed by atoms with Gasteiger partial charge in [-0.05, 0) is 89.8 Å². The number of hydrogen-bond donors (Lipinski definition) is 1. The summed E-state index contributed by atoms with van der Waals surface area (Å²) in [6, 6.07) is 8.25. The number of likely N-dealkylation sites (tertiary alicyclic amines) is 1. The monoisotopic (exact) mass is 329 g/mol. The highest BCUT2D eigenvalue weighted by molar-refractivity contribution is 5.96. The fourth-order valence-corrected chi connectivity index (χ4v) is 4.10. The lowest BCUT2D eigenvalue weighted by molar-refractivity contribution is -0.122. The van der Waals surface area contributed by atoms with Crippen LogP contribution in [0.3, 0.4) is 0 Å². The molecule has 3 rings (SSSR count). The van der Waals surface area contributed by atoms with Crippen LogP contribution in [0.1, 0.15) is 37.7 Å². The number of fused-ring (bicyclic) bond motifs is 1. The molecule has 2 aliphatic heterocycles. The zero-order chi connectivity index (χ0) is 16.9. The summed E-state index contributed by atoms with van der Waals surface area (Å²) in [5.74, 6) is 1.03. The Balaban J connectivity index is 1.51. The van der Waals surface area contributed by atoms with Crippen LogP contribution < -0.4 is 5.32 Å². The standard InChI is InChI=1S/C20H31N3O/c1-22(2)13-5-6-16-11-14-23(15-12-16)19-10-9-17-7-3-4-8-18(17)21-20(19)24/h3-4,7-8,16,19H,5-6,9-15H2,1-2H3,(H,21,24)/t19-/m0/s1. The number of benzene rings is 1. The van der Waals surface area contributed by atoms with Gasteiger partial charge in [0.1, 0.15) is 0 Å². The zero-order valence-corrected chi connectivity index (χ0v) is 15.1. The van der Waals surface area contributed by atoms with Gasteiger partial charge >= 0.3 is 0 Å². The summed E-state index contributed by atoms with van der Waals surface area (Å²) < 4.78 is 0. The molecule has 0 aromatic heterocycles. The molecule has 4 nitrogen and oxygen atoms in total. The van der Waals surface area contributed by atoms with Crippen molar-refractivity contribution in [1.29, 1.82) is 0 Å². The van der Waals surface area contributed by atoms with Crippen molar-refractivity contribution < 1.29 is 4.79 Å². The molecule has 0 aliphatic carbocycles. The zero-order valence-electron chi connectivity index (χ0n) is 15.1. The number of carbonyl (C=O) groups is 1. The molecular weight excluding hydrogens is 298 g/mol. The normalized spacial score (nSPS) is 23.0. The number of para-hydroxylation sites is 1. The van der Waals surface area contributed by atoms with Gasteiger partial charge in [0.2, 0.25) is 5.91 Å². The van der Waals surface area contributed by atoms with E-state index < -0.39 is 0 Å². The van der Waals surface area contributed by atoms with Crippen LogP contribution >= 0.6 is 0 Å². The Morgan fingerprint density at radius 3 is 2.67 bits per heavy atom. The van der Waals surface area contributed by atoms with E-state index in [4.69, 9.17) is 0 Å². The van der Waals surface area contributed by atoms with Gasteiger partial charge in [-0.2, -0.15) is 0 Å². The number of aryl methyl sites for hydroxylation is 1. The van der Waals surface area contributed by atoms with E-state index in [1.165, 1.54) is 37.8 Å². The van der Waals surface area contributed by atoms with Gasteiger partial charge in [-0.25, -0.2) is 0 Å². The Morgan fingerprint density at radius 2 is 1.92 bits per heavy atom. The minimum absolute atomic E-state index is 0.0418. The van der Waals surface area contributed by atoms with Gasteiger partial charge in [-0.1, -0.05) is 18.2 Å². The summed E-state index contributed by atoms with van der Waals surface area (Å²) >= 11 is 0. The van der Waals surface area contributed by atoms with Crippen LogP contribution in [0.5, 0.6) is 0 Å². The van der Waals surface area contributed by atoms with E-state index in [2.05, 4.69) is 41.3 Å². The Bertz CT molecular complexity index is 550. The molecule has 0 unspecified atom stereocenters. The van der Waals surface area contributed by atoms with Gasteiger partial charge in [-0.3, -0.25) is 9.69 Å². The second-order valence-corrected chi connectivity index (χ2v) is 7.63. The van der Waals surface area contributed by atoms with E-state index >= 15 is 0 Å². The summed E-state index contributed by atoms with van der Waals surface area (Å²) in [4.78, 5) is 17.3. The Kier molecular flexibility index (Phi) is 5.90. The fourth-order valence-electron chi connectivity index (χ4n) is 4.10. The van der Waals surface area contributed by atoms with Crippen LogP contribution in [-0.4, -0.2) is 55.5 Å². The summed E-state index contributed by atoms with van der Waals surface area (Å²) in [7, 11) is 4.29. The Morgan fingerprint density at radius 1 is 1.17 bits per heavy atom. The van der Waals surface area contributed by atoms with E-state index in [0.29, 0.717) is 0 Å². The SMILES string of the molecule is CN(C)CCCC1CCN([C@H]2CCc3ccccc3NC2=O)CC1. The van der Waals surface area contributed by atoms with Gasteiger partial charge in [0.15, 0.2) is 0 Å². The smallest absolute Gasteiger partial charge is 0.241 e. The highest BCUT2D eigenvalue weighted by Crippen LogP contribution is 2.28. The van der Waals surface area contributed by atoms with Crippen molar-refractivity contribution in [3.63, 3.8) is 0 Å². The third-order valence-corrected chi connectivity index (χ3v) is 5.57. The van der Waals surface area contributed by atoms with Crippen LogP contribution in [0.15, 0.2) is 24.3 Å². The second-order valence-electron chi connectivity index (χ2n) is 7.63. The van der Waals surface area contributed by atoms with Crippen molar-refractivity contribution >= 4 is 11.6 Å². The number of carbonyl (C=O) groups excluding carboxylic acids is 1. The molecule has 0 bridgehead atoms. The summed E-state index contributed by atoms with van der Waals surface area (Å²) in [5.41, 5.74) is 2.27. The number of nitrogens with zero attached hydrogens (tertiary/aromatic N) is 2. The summed E-state index contributed by atoms with van der Waals surface area (Å²) in [5, 5.41) is 3.14. The molecule has 0 saturated carbocycles. The molecule has 1 atom stereocenters. The van der Waals surface area contributed by atoms with Gasteiger partial charge in [0.25, 0.3) is 0 Å². The molecule has 0 radical (unpaired) electrons. The number of rotatable bonds is 5. The van der Waals surface area contributed by atoms with Gasteiger partial charge < -0.3 is 10.2 Å². The number of nitrogens with one attached hydrogen (secondary N) is 1. The predicted octanol–water partition coefficient (Wildman–Crippen LogP) is 2.99. The third-order valence-electron chi connectivity index (χ3n) is 5.57. The second kappa shape index (κ2) is 8.13. The van der Waals surface area contributed by atoms with Crippen molar-refractivity contribution in [3.05, 3.63) is 29.8 Å². The molecule has 2 aliphatic rings. The van der Waals surface area contributed by atoms with Crippen LogP contribution in [0.25, 0.3) is 0 Å². The van der Waals surface area contributed by atoms with Crippen molar-refractivity contribution in [1.82, 2.24) is 9.80 Å². The van der Waals surface area contributed by atoms with E-state index in [0.717, 1.165) is 37.5 Å². The molecule has 1 aromatic rings. The molecule has 2 heterocycles. The highest BCUT2D eigenvalue weighted by atomic mass is 16.2. The van der Waals surface area contributed by atoms with Gasteiger partial charge in [0.05, 0.1) is 6.04 Å². The largest absolute Gasteiger partial charge is 0.324 e. The first kappa shape index (κ1) is 17.4. The first-order valence-corrected chi connectivity index (χ1v) is 9.41. The third kappa shape index (κ3) is 4.37. The minimum atomic E-state index is 0.0418. The van der Waals surface area contributed by atoms with Crippen molar-refractivity contribution in [3.8, 4) is 0 Å². The first-order chi connectivity index (χ1) is 11.6. The molecule has 4 heteroatoms. The maximum absolute atomic E-state index is 12.6. The fraction of sp³-hybridized carbons (Fsp3) is 0.650. The van der Waals surface area contributed by atoms with Crippen LogP contribution in [-0.2, 0) is 11.2 Å². The van der Waals surface area contributed by atoms with Crippen LogP contribution in [0, 0.1) is 5.92 Å². The summed E-state index contributed by atoms with van der Waals surface area (Å²) in [6.07, 6.45) is 7.02. The van der Waals surface area contributed by atoms with Crippen molar-refractivity contribution in [2.24, 2.45) is 5.92 Å². The van der Waals surface area contributed by atoms with Crippen LogP contribution in [0.4, 0.5) is 5.69 Å². The van der Waals surface area contributed by atoms with E-state index in [-0.39, 0.29) is 11.9 Å². The van der Waals surface area contributed by atoms with E-state index in [1.807, 2.05) is 12.1 Å². The molecule has 1 amide bonds. The number of hydrogen-bond acceptors (Lipinski definition) is 3. The lowest BCUT2D eigenvalue weighted by Gasteiger charge is -2.36. The Hall–Kier alpha value is -1.39. The van der Waals surface area contributed by atoms with E-state index in [9.17, 15) is 4.79 Å². The quantitative estimate of drug-likeness (QED) is 0.902. The van der Waals surface area contributed by atoms with Gasteiger partial charge in [-0.15, -0.1) is 0 Å². The molecule has 1 aromatic carbocycles. The van der Waals surface area contributed by atoms with E-state index in [1.54, 1.807) is 0 Å². The molecule has 1 N–H and O–H groups in total. The number of anilines is 1. The maximum Gasteiger partial charge on any atom is 0.241 e. The van der Waals surface area contributed by atoms with Crippen molar-refractivity contribution in [2.45, 2.75) is 44.6 Å². The lowest BCUT2D eigenvalue weighted by Crippen LogP contribution is -2.47. The molecule has 1 fully saturated rings. The number of piperidine rings is 1. The molecular formula is C20H31N3O. The molecule has 0 spiro atoms. The molecule has 24 heavy (non-hydrogen) atoms. The van der Waals surface area contributed by atoms with Crippen LogP contribution in [0.2, 0.25) is 0 Å². The topological polar surface area (TPSA) is 35.6 Å². The maximum atomic E-state index is 12.6. The molecule has 132 valence electrons. The average Bonchev–Trinajstić information content (AvgIpc) is 2.73. The Labute approximate surface area is 146 Å². The van der Waals surface area contributed by atoms with Gasteiger partial charge in [0, 0.05) is 5.69 Å². The average molecular weight is 329 g/mol. The van der Waals surface area contributed by atoms with Crippen molar-refractivity contribution in [2.75, 3.05) is 39.0 Å². The predicted molar refractivity (Wildman–Crippen MR) is 99.3 cm³/mol. The minimum Gasteiger partial charge on any atom is -0.324 e. The number of amides is 1. The first-order valence-electron chi connectivity index (χ1n) is 9.41. The molecule has 1 saturated heterocycles. The lowest BCUT2D eigenvalue weighted by atomic mass is 9.90. The summed E-state index contributed by atoms with van der Waals surface area (Å²) in [6.45, 7) is 3.33.